The van der Waals surface area contributed by atoms with Gasteiger partial charge in [-0.15, -0.1) is 22.9 Å². The van der Waals surface area contributed by atoms with Gasteiger partial charge >= 0.3 is 0 Å². The van der Waals surface area contributed by atoms with Crippen LogP contribution in [0, 0.1) is 0 Å². The Morgan fingerprint density at radius 2 is 1.88 bits per heavy atom. The highest BCUT2D eigenvalue weighted by atomic mass is 79.9. The average molecular weight is 356 g/mol. The average Bonchev–Trinajstić information content (AvgIpc) is 2.68. The summed E-state index contributed by atoms with van der Waals surface area (Å²) < 4.78 is 1.05. The summed E-state index contributed by atoms with van der Waals surface area (Å²) in [5, 5.41) is 0.789. The molecule has 0 bridgehead atoms. The summed E-state index contributed by atoms with van der Waals surface area (Å²) in [7, 11) is 0. The van der Waals surface area contributed by atoms with Crippen molar-refractivity contribution in [2.75, 3.05) is 0 Å². The summed E-state index contributed by atoms with van der Waals surface area (Å²) in [5.41, 5.74) is 0.838. The van der Waals surface area contributed by atoms with Gasteiger partial charge in [0.1, 0.15) is 0 Å². The van der Waals surface area contributed by atoms with Gasteiger partial charge in [-0.25, -0.2) is 0 Å². The van der Waals surface area contributed by atoms with Crippen LogP contribution in [0.25, 0.3) is 0 Å². The molecule has 84 valence electrons. The Morgan fingerprint density at radius 3 is 2.50 bits per heavy atom. The van der Waals surface area contributed by atoms with Crippen LogP contribution in [0.2, 0.25) is 10.0 Å². The number of hydrogen-bond donors (Lipinski definition) is 0. The molecule has 0 spiro atoms. The quantitative estimate of drug-likeness (QED) is 0.567. The third kappa shape index (κ3) is 2.57. The maximum absolute atomic E-state index is 6.37. The lowest BCUT2D eigenvalue weighted by Crippen LogP contribution is -1.91. The second kappa shape index (κ2) is 5.28. The van der Waals surface area contributed by atoms with E-state index in [2.05, 4.69) is 15.9 Å². The van der Waals surface area contributed by atoms with Gasteiger partial charge in [-0.1, -0.05) is 35.3 Å². The van der Waals surface area contributed by atoms with Crippen molar-refractivity contribution in [1.29, 1.82) is 0 Å². The van der Waals surface area contributed by atoms with E-state index in [0.29, 0.717) is 10.0 Å². The SMILES string of the molecule is Clc1cccc(C(Cl)c2ccc(Br)s2)c1Cl. The van der Waals surface area contributed by atoms with Gasteiger partial charge in [0.25, 0.3) is 0 Å². The van der Waals surface area contributed by atoms with Crippen molar-refractivity contribution in [2.24, 2.45) is 0 Å². The molecule has 0 aliphatic carbocycles. The van der Waals surface area contributed by atoms with Crippen molar-refractivity contribution in [3.05, 3.63) is 54.6 Å². The van der Waals surface area contributed by atoms with Gasteiger partial charge in [-0.3, -0.25) is 0 Å². The minimum absolute atomic E-state index is 0.262. The Bertz CT molecular complexity index is 510. The summed E-state index contributed by atoms with van der Waals surface area (Å²) in [6, 6.07) is 9.43. The van der Waals surface area contributed by atoms with E-state index >= 15 is 0 Å². The van der Waals surface area contributed by atoms with Crippen molar-refractivity contribution >= 4 is 62.1 Å². The Hall–Kier alpha value is 0.270. The number of alkyl halides is 1. The Morgan fingerprint density at radius 1 is 1.12 bits per heavy atom. The topological polar surface area (TPSA) is 0 Å². The van der Waals surface area contributed by atoms with Crippen LogP contribution in [0.15, 0.2) is 34.1 Å². The van der Waals surface area contributed by atoms with Gasteiger partial charge in [0, 0.05) is 4.88 Å². The van der Waals surface area contributed by atoms with Gasteiger partial charge < -0.3 is 0 Å². The van der Waals surface area contributed by atoms with Crippen LogP contribution in [0.3, 0.4) is 0 Å². The molecule has 0 aliphatic heterocycles. The molecule has 1 heterocycles. The zero-order valence-corrected chi connectivity index (χ0v) is 12.6. The molecule has 0 N–H and O–H groups in total. The van der Waals surface area contributed by atoms with Crippen LogP contribution >= 0.6 is 62.1 Å². The predicted octanol–water partition coefficient (Wildman–Crippen LogP) is 6.15. The van der Waals surface area contributed by atoms with Crippen molar-refractivity contribution in [3.63, 3.8) is 0 Å². The van der Waals surface area contributed by atoms with Gasteiger partial charge in [0.05, 0.1) is 19.2 Å². The molecule has 0 amide bonds. The molecule has 2 rings (SSSR count). The fourth-order valence-electron chi connectivity index (χ4n) is 1.33. The second-order valence-corrected chi connectivity index (χ2v) is 6.86. The van der Waals surface area contributed by atoms with E-state index in [0.717, 1.165) is 14.2 Å². The van der Waals surface area contributed by atoms with Crippen LogP contribution in [0.5, 0.6) is 0 Å². The van der Waals surface area contributed by atoms with Crippen LogP contribution in [-0.4, -0.2) is 0 Å². The molecule has 5 heteroatoms. The van der Waals surface area contributed by atoms with E-state index in [1.165, 1.54) is 0 Å². The van der Waals surface area contributed by atoms with E-state index in [1.807, 2.05) is 24.3 Å². The Kier molecular flexibility index (Phi) is 4.20. The molecule has 0 nitrogen and oxygen atoms in total. The first kappa shape index (κ1) is 12.7. The molecule has 0 aliphatic rings. The molecule has 0 saturated carbocycles. The van der Waals surface area contributed by atoms with E-state index in [9.17, 15) is 0 Å². The standard InChI is InChI=1S/C11H6BrCl3S/c12-9-5-4-8(16-9)11(15)6-2-1-3-7(13)10(6)14/h1-5,11H. The van der Waals surface area contributed by atoms with Gasteiger partial charge in [0.2, 0.25) is 0 Å². The first-order valence-electron chi connectivity index (χ1n) is 4.43. The normalized spacial score (nSPS) is 12.8. The monoisotopic (exact) mass is 354 g/mol. The third-order valence-electron chi connectivity index (χ3n) is 2.10. The Labute approximate surface area is 121 Å². The lowest BCUT2D eigenvalue weighted by atomic mass is 10.1. The number of halogens is 4. The molecule has 0 saturated heterocycles. The van der Waals surface area contributed by atoms with E-state index in [4.69, 9.17) is 34.8 Å². The molecule has 1 unspecified atom stereocenters. The molecule has 1 atom stereocenters. The maximum atomic E-state index is 6.37. The summed E-state index contributed by atoms with van der Waals surface area (Å²) >= 11 is 23.4. The van der Waals surface area contributed by atoms with Gasteiger partial charge in [-0.2, -0.15) is 0 Å². The summed E-state index contributed by atoms with van der Waals surface area (Å²) in [6.07, 6.45) is 0. The minimum Gasteiger partial charge on any atom is -0.131 e. The van der Waals surface area contributed by atoms with E-state index in [1.54, 1.807) is 17.4 Å². The highest BCUT2D eigenvalue weighted by Gasteiger charge is 2.17. The molecule has 0 fully saturated rings. The Balaban J connectivity index is 2.41. The zero-order chi connectivity index (χ0) is 11.7. The molecule has 2 aromatic rings. The number of benzene rings is 1. The predicted molar refractivity (Wildman–Crippen MR) is 76.2 cm³/mol. The second-order valence-electron chi connectivity index (χ2n) is 3.15. The number of thiophene rings is 1. The molecule has 16 heavy (non-hydrogen) atoms. The highest BCUT2D eigenvalue weighted by molar-refractivity contribution is 9.11. The fourth-order valence-corrected chi connectivity index (χ4v) is 3.62. The molecule has 1 aromatic heterocycles. The molecule has 1 aromatic carbocycles. The van der Waals surface area contributed by atoms with Crippen molar-refractivity contribution < 1.29 is 0 Å². The number of rotatable bonds is 2. The summed E-state index contributed by atoms with van der Waals surface area (Å²) in [6.45, 7) is 0. The molecular formula is C11H6BrCl3S. The maximum Gasteiger partial charge on any atom is 0.0943 e. The smallest absolute Gasteiger partial charge is 0.0943 e. The van der Waals surface area contributed by atoms with Crippen LogP contribution < -0.4 is 0 Å². The van der Waals surface area contributed by atoms with Crippen molar-refractivity contribution in [3.8, 4) is 0 Å². The largest absolute Gasteiger partial charge is 0.131 e. The first-order valence-corrected chi connectivity index (χ1v) is 7.23. The van der Waals surface area contributed by atoms with Crippen molar-refractivity contribution in [2.45, 2.75) is 5.38 Å². The van der Waals surface area contributed by atoms with E-state index in [-0.39, 0.29) is 5.38 Å². The van der Waals surface area contributed by atoms with Crippen LogP contribution in [-0.2, 0) is 0 Å². The molecule has 0 radical (unpaired) electrons. The fraction of sp³-hybridized carbons (Fsp3) is 0.0909. The summed E-state index contributed by atoms with van der Waals surface area (Å²) in [4.78, 5) is 1.04. The minimum atomic E-state index is -0.262. The van der Waals surface area contributed by atoms with Gasteiger partial charge in [-0.05, 0) is 39.7 Å². The summed E-state index contributed by atoms with van der Waals surface area (Å²) in [5.74, 6) is 0. The third-order valence-corrected chi connectivity index (χ3v) is 5.22. The molecular weight excluding hydrogens is 350 g/mol. The van der Waals surface area contributed by atoms with Crippen molar-refractivity contribution in [1.82, 2.24) is 0 Å². The number of hydrogen-bond acceptors (Lipinski definition) is 1. The first-order chi connectivity index (χ1) is 7.59. The van der Waals surface area contributed by atoms with Crippen LogP contribution in [0.1, 0.15) is 15.8 Å². The van der Waals surface area contributed by atoms with Gasteiger partial charge in [0.15, 0.2) is 0 Å². The van der Waals surface area contributed by atoms with Crippen LogP contribution in [0.4, 0.5) is 0 Å². The van der Waals surface area contributed by atoms with E-state index < -0.39 is 0 Å². The highest BCUT2D eigenvalue weighted by Crippen LogP contribution is 2.40. The lowest BCUT2D eigenvalue weighted by Gasteiger charge is -2.10. The zero-order valence-electron chi connectivity index (χ0n) is 7.88. The lowest BCUT2D eigenvalue weighted by molar-refractivity contribution is 1.18.